The number of aliphatic hydroxyl groups excluding tert-OH is 1. The number of halogens is 4. The summed E-state index contributed by atoms with van der Waals surface area (Å²) in [6, 6.07) is 5.16. The normalized spacial score (nSPS) is 18.5. The van der Waals surface area contributed by atoms with Gasteiger partial charge >= 0.3 is 12.5 Å². The van der Waals surface area contributed by atoms with Crippen LogP contribution in [0.25, 0.3) is 0 Å². The van der Waals surface area contributed by atoms with Crippen LogP contribution in [0.3, 0.4) is 0 Å². The molecule has 1 saturated heterocycles. The molecule has 0 spiro atoms. The molecule has 0 unspecified atom stereocenters. The van der Waals surface area contributed by atoms with Crippen LogP contribution in [0.4, 0.5) is 17.6 Å². The maximum absolute atomic E-state index is 13.0. The van der Waals surface area contributed by atoms with Gasteiger partial charge in [-0.15, -0.1) is 0 Å². The molecule has 1 fully saturated rings. The van der Waals surface area contributed by atoms with Crippen LogP contribution >= 0.6 is 0 Å². The third kappa shape index (κ3) is 4.08. The van der Waals surface area contributed by atoms with Gasteiger partial charge in [-0.2, -0.15) is 17.6 Å². The van der Waals surface area contributed by atoms with Crippen molar-refractivity contribution in [2.75, 3.05) is 32.8 Å². The Morgan fingerprint density at radius 2 is 1.95 bits per heavy atom. The van der Waals surface area contributed by atoms with Crippen LogP contribution in [0.1, 0.15) is 11.6 Å². The summed E-state index contributed by atoms with van der Waals surface area (Å²) in [5, 5.41) is 12.7. The average molecular weight is 322 g/mol. The fourth-order valence-electron chi connectivity index (χ4n) is 2.41. The molecule has 4 nitrogen and oxygen atoms in total. The van der Waals surface area contributed by atoms with Gasteiger partial charge in [-0.3, -0.25) is 4.90 Å². The van der Waals surface area contributed by atoms with E-state index in [1.54, 1.807) is 6.07 Å². The molecule has 1 aliphatic heterocycles. The molecule has 2 rings (SSSR count). The molecule has 0 saturated carbocycles. The lowest BCUT2D eigenvalue weighted by atomic mass is 10.0. The first-order valence-electron chi connectivity index (χ1n) is 6.94. The van der Waals surface area contributed by atoms with E-state index in [1.165, 1.54) is 18.2 Å². The van der Waals surface area contributed by atoms with Crippen molar-refractivity contribution in [1.82, 2.24) is 10.2 Å². The number of aliphatic hydroxyl groups is 1. The summed E-state index contributed by atoms with van der Waals surface area (Å²) in [4.78, 5) is 2.00. The van der Waals surface area contributed by atoms with Crippen LogP contribution in [0, 0.1) is 0 Å². The van der Waals surface area contributed by atoms with Crippen molar-refractivity contribution in [1.29, 1.82) is 0 Å². The van der Waals surface area contributed by atoms with Crippen LogP contribution in [-0.2, 0) is 0 Å². The number of nitrogens with zero attached hydrogens (tertiary/aromatic N) is 1. The molecule has 1 aromatic carbocycles. The number of hydrogen-bond acceptors (Lipinski definition) is 4. The van der Waals surface area contributed by atoms with E-state index in [0.717, 1.165) is 13.1 Å². The Morgan fingerprint density at radius 3 is 2.55 bits per heavy atom. The topological polar surface area (TPSA) is 44.7 Å². The van der Waals surface area contributed by atoms with Crippen molar-refractivity contribution in [2.24, 2.45) is 0 Å². The number of rotatable bonds is 6. The lowest BCUT2D eigenvalue weighted by Crippen LogP contribution is -2.46. The fourth-order valence-corrected chi connectivity index (χ4v) is 2.41. The van der Waals surface area contributed by atoms with Crippen LogP contribution in [0.2, 0.25) is 0 Å². The van der Waals surface area contributed by atoms with Gasteiger partial charge in [-0.25, -0.2) is 0 Å². The highest BCUT2D eigenvalue weighted by atomic mass is 19.3. The summed E-state index contributed by atoms with van der Waals surface area (Å²) >= 11 is 0. The Labute approximate surface area is 125 Å². The number of piperazine rings is 1. The Bertz CT molecular complexity index is 482. The zero-order valence-electron chi connectivity index (χ0n) is 11.8. The first kappa shape index (κ1) is 17.0. The molecule has 124 valence electrons. The maximum Gasteiger partial charge on any atom is 0.461 e. The first-order valence-corrected chi connectivity index (χ1v) is 6.94. The Morgan fingerprint density at radius 1 is 1.27 bits per heavy atom. The van der Waals surface area contributed by atoms with E-state index in [2.05, 4.69) is 10.1 Å². The molecule has 1 atom stereocenters. The molecule has 0 radical (unpaired) electrons. The molecule has 0 amide bonds. The van der Waals surface area contributed by atoms with Crippen LogP contribution < -0.4 is 10.1 Å². The zero-order valence-corrected chi connectivity index (χ0v) is 11.8. The van der Waals surface area contributed by atoms with Gasteiger partial charge in [0.05, 0.1) is 12.6 Å². The Kier molecular flexibility index (Phi) is 5.60. The standard InChI is InChI=1S/C14H18F4N2O2/c15-13(16)14(17,18)22-11-3-1-2-10(8-11)12(9-21)20-6-4-19-5-7-20/h1-3,8,12-13,19,21H,4-7,9H2/t12-/m0/s1. The summed E-state index contributed by atoms with van der Waals surface area (Å²) in [6.07, 6.45) is -8.44. The summed E-state index contributed by atoms with van der Waals surface area (Å²) in [5.74, 6) is -0.351. The maximum atomic E-state index is 13.0. The summed E-state index contributed by atoms with van der Waals surface area (Å²) in [6.45, 7) is 2.72. The van der Waals surface area contributed by atoms with Crippen molar-refractivity contribution in [2.45, 2.75) is 18.6 Å². The molecule has 1 aromatic rings. The zero-order chi connectivity index (χ0) is 16.2. The third-order valence-electron chi connectivity index (χ3n) is 3.52. The van der Waals surface area contributed by atoms with Crippen molar-refractivity contribution in [3.8, 4) is 5.75 Å². The number of hydrogen-bond donors (Lipinski definition) is 2. The van der Waals surface area contributed by atoms with E-state index in [9.17, 15) is 22.7 Å². The molecule has 0 aromatic heterocycles. The second-order valence-electron chi connectivity index (χ2n) is 5.02. The largest absolute Gasteiger partial charge is 0.461 e. The smallest absolute Gasteiger partial charge is 0.428 e. The second-order valence-corrected chi connectivity index (χ2v) is 5.02. The molecule has 22 heavy (non-hydrogen) atoms. The molecule has 0 bridgehead atoms. The van der Waals surface area contributed by atoms with Gasteiger partial charge in [0.1, 0.15) is 5.75 Å². The predicted molar refractivity (Wildman–Crippen MR) is 72.3 cm³/mol. The van der Waals surface area contributed by atoms with Gasteiger partial charge < -0.3 is 15.2 Å². The van der Waals surface area contributed by atoms with Gasteiger partial charge in [0.25, 0.3) is 0 Å². The number of ether oxygens (including phenoxy) is 1. The highest BCUT2D eigenvalue weighted by molar-refractivity contribution is 5.31. The van der Waals surface area contributed by atoms with Crippen LogP contribution in [0.15, 0.2) is 24.3 Å². The van der Waals surface area contributed by atoms with Gasteiger partial charge in [0.2, 0.25) is 0 Å². The highest BCUT2D eigenvalue weighted by Gasteiger charge is 2.44. The van der Waals surface area contributed by atoms with Gasteiger partial charge in [0.15, 0.2) is 0 Å². The first-order chi connectivity index (χ1) is 10.4. The minimum absolute atomic E-state index is 0.200. The minimum atomic E-state index is -4.54. The molecule has 8 heteroatoms. The van der Waals surface area contributed by atoms with Gasteiger partial charge in [0, 0.05) is 26.2 Å². The number of benzene rings is 1. The molecular weight excluding hydrogens is 304 g/mol. The number of alkyl halides is 4. The quantitative estimate of drug-likeness (QED) is 0.785. The molecule has 0 aliphatic carbocycles. The van der Waals surface area contributed by atoms with Gasteiger partial charge in [-0.1, -0.05) is 12.1 Å². The van der Waals surface area contributed by atoms with E-state index >= 15 is 0 Å². The van der Waals surface area contributed by atoms with E-state index in [-0.39, 0.29) is 18.4 Å². The fraction of sp³-hybridized carbons (Fsp3) is 0.571. The minimum Gasteiger partial charge on any atom is -0.428 e. The molecule has 1 heterocycles. The van der Waals surface area contributed by atoms with Gasteiger partial charge in [-0.05, 0) is 17.7 Å². The second kappa shape index (κ2) is 7.26. The van der Waals surface area contributed by atoms with Crippen LogP contribution in [0.5, 0.6) is 5.75 Å². The summed E-state index contributed by atoms with van der Waals surface area (Å²) < 4.78 is 54.4. The third-order valence-corrected chi connectivity index (χ3v) is 3.52. The Balaban J connectivity index is 2.15. The van der Waals surface area contributed by atoms with E-state index in [4.69, 9.17) is 0 Å². The van der Waals surface area contributed by atoms with Crippen molar-refractivity contribution in [3.63, 3.8) is 0 Å². The molecule has 2 N–H and O–H groups in total. The monoisotopic (exact) mass is 322 g/mol. The average Bonchev–Trinajstić information content (AvgIpc) is 2.49. The van der Waals surface area contributed by atoms with Crippen molar-refractivity contribution < 1.29 is 27.4 Å². The highest BCUT2D eigenvalue weighted by Crippen LogP contribution is 2.30. The predicted octanol–water partition coefficient (Wildman–Crippen LogP) is 1.86. The van der Waals surface area contributed by atoms with E-state index in [0.29, 0.717) is 18.7 Å². The van der Waals surface area contributed by atoms with E-state index < -0.39 is 12.5 Å². The lowest BCUT2D eigenvalue weighted by molar-refractivity contribution is -0.253. The Hall–Kier alpha value is -1.38. The van der Waals surface area contributed by atoms with E-state index in [1.807, 2.05) is 4.90 Å². The molecular formula is C14H18F4N2O2. The van der Waals surface area contributed by atoms with Crippen LogP contribution in [-0.4, -0.2) is 55.3 Å². The van der Waals surface area contributed by atoms with Crippen molar-refractivity contribution in [3.05, 3.63) is 29.8 Å². The number of nitrogens with one attached hydrogen (secondary N) is 1. The molecule has 1 aliphatic rings. The summed E-state index contributed by atoms with van der Waals surface area (Å²) in [5.41, 5.74) is 0.548. The van der Waals surface area contributed by atoms with Crippen molar-refractivity contribution >= 4 is 0 Å². The lowest BCUT2D eigenvalue weighted by Gasteiger charge is -2.34. The SMILES string of the molecule is OC[C@@H](c1cccc(OC(F)(F)C(F)F)c1)N1CCNCC1. The summed E-state index contributed by atoms with van der Waals surface area (Å²) in [7, 11) is 0.